The normalized spacial score (nSPS) is 19.1. The average molecular weight is 315 g/mol. The molecule has 1 aromatic carbocycles. The van der Waals surface area contributed by atoms with Gasteiger partial charge in [-0.1, -0.05) is 31.2 Å². The molecule has 1 aliphatic carbocycles. The number of hydrogen-bond acceptors (Lipinski definition) is 4. The third kappa shape index (κ3) is 5.74. The van der Waals surface area contributed by atoms with Crippen LogP contribution in [0.3, 0.4) is 0 Å². The van der Waals surface area contributed by atoms with Gasteiger partial charge in [-0.15, -0.1) is 0 Å². The molecule has 0 bridgehead atoms. The van der Waals surface area contributed by atoms with Gasteiger partial charge in [-0.05, 0) is 43.7 Å². The first-order chi connectivity index (χ1) is 9.90. The van der Waals surface area contributed by atoms with Crippen LogP contribution in [0.4, 0.5) is 0 Å². The van der Waals surface area contributed by atoms with Gasteiger partial charge in [0.2, 0.25) is 0 Å². The fourth-order valence-corrected chi connectivity index (χ4v) is 3.37. The summed E-state index contributed by atoms with van der Waals surface area (Å²) >= 11 is 0. The van der Waals surface area contributed by atoms with Crippen LogP contribution in [-0.2, 0) is 21.3 Å². The van der Waals surface area contributed by atoms with E-state index < -0.39 is 15.4 Å². The zero-order valence-electron chi connectivity index (χ0n) is 12.7. The third-order valence-corrected chi connectivity index (χ3v) is 4.67. The van der Waals surface area contributed by atoms with E-state index in [0.717, 1.165) is 37.0 Å². The van der Waals surface area contributed by atoms with E-state index in [4.69, 9.17) is 15.0 Å². The number of rotatable bonds is 4. The fraction of sp³-hybridized carbons (Fsp3) is 0.600. The van der Waals surface area contributed by atoms with Gasteiger partial charge in [0.05, 0.1) is 0 Å². The summed E-state index contributed by atoms with van der Waals surface area (Å²) in [6, 6.07) is 7.41. The molecule has 5 nitrogen and oxygen atoms in total. The van der Waals surface area contributed by atoms with E-state index in [1.165, 1.54) is 0 Å². The lowest BCUT2D eigenvalue weighted by Crippen LogP contribution is -2.21. The molecule has 0 heterocycles. The van der Waals surface area contributed by atoms with Crippen LogP contribution in [0.15, 0.2) is 24.3 Å². The number of nitrogens with two attached hydrogens (primary N) is 1. The maximum atomic E-state index is 11.1. The molecule has 2 unspecified atom stereocenters. The van der Waals surface area contributed by atoms with Crippen LogP contribution in [0.5, 0.6) is 0 Å². The molecule has 0 spiro atoms. The van der Waals surface area contributed by atoms with E-state index in [0.29, 0.717) is 6.42 Å². The standard InChI is InChI=1S/C10H12O3S.C5H13NO/c11-14(12,13)10-7-3-5-8-4-1-2-6-9(8)10;1-3-5(6)7-4-2/h1-2,4,6,10H,3,5,7H2,(H,11,12,13);5H,3-4,6H2,1-2H3. The van der Waals surface area contributed by atoms with Crippen molar-refractivity contribution in [3.05, 3.63) is 35.4 Å². The first kappa shape index (κ1) is 18.1. The number of hydrogen-bond donors (Lipinski definition) is 2. The fourth-order valence-electron chi connectivity index (χ4n) is 2.35. The van der Waals surface area contributed by atoms with E-state index in [-0.39, 0.29) is 6.23 Å². The summed E-state index contributed by atoms with van der Waals surface area (Å²) in [4.78, 5) is 0. The highest BCUT2D eigenvalue weighted by Gasteiger charge is 2.29. The topological polar surface area (TPSA) is 89.6 Å². The van der Waals surface area contributed by atoms with E-state index in [2.05, 4.69) is 0 Å². The monoisotopic (exact) mass is 315 g/mol. The van der Waals surface area contributed by atoms with Crippen LogP contribution >= 0.6 is 0 Å². The van der Waals surface area contributed by atoms with Crippen LogP contribution < -0.4 is 5.73 Å². The maximum absolute atomic E-state index is 11.1. The molecule has 3 N–H and O–H groups in total. The van der Waals surface area contributed by atoms with Crippen molar-refractivity contribution in [2.24, 2.45) is 5.73 Å². The largest absolute Gasteiger partial charge is 0.364 e. The van der Waals surface area contributed by atoms with Crippen molar-refractivity contribution in [3.8, 4) is 0 Å². The Bertz CT molecular complexity index is 530. The highest BCUT2D eigenvalue weighted by Crippen LogP contribution is 2.34. The highest BCUT2D eigenvalue weighted by molar-refractivity contribution is 7.86. The molecule has 1 aromatic rings. The second-order valence-electron chi connectivity index (χ2n) is 5.00. The molecule has 0 aliphatic heterocycles. The number of fused-ring (bicyclic) bond motifs is 1. The Kier molecular flexibility index (Phi) is 7.31. The van der Waals surface area contributed by atoms with Crippen molar-refractivity contribution in [2.75, 3.05) is 6.61 Å². The molecule has 21 heavy (non-hydrogen) atoms. The Labute approximate surface area is 127 Å². The van der Waals surface area contributed by atoms with Crippen LogP contribution in [0, 0.1) is 0 Å². The first-order valence-corrected chi connectivity index (χ1v) is 8.81. The van der Waals surface area contributed by atoms with Gasteiger partial charge in [-0.2, -0.15) is 8.42 Å². The molecule has 0 radical (unpaired) electrons. The van der Waals surface area contributed by atoms with Crippen LogP contribution in [0.25, 0.3) is 0 Å². The Morgan fingerprint density at radius 2 is 2.05 bits per heavy atom. The predicted molar refractivity (Wildman–Crippen MR) is 83.6 cm³/mol. The van der Waals surface area contributed by atoms with Gasteiger partial charge in [0.25, 0.3) is 10.1 Å². The minimum atomic E-state index is -3.94. The van der Waals surface area contributed by atoms with Crippen molar-refractivity contribution in [1.29, 1.82) is 0 Å². The van der Waals surface area contributed by atoms with Gasteiger partial charge < -0.3 is 10.5 Å². The van der Waals surface area contributed by atoms with E-state index in [1.54, 1.807) is 6.07 Å². The molecule has 6 heteroatoms. The minimum Gasteiger partial charge on any atom is -0.364 e. The lowest BCUT2D eigenvalue weighted by Gasteiger charge is -2.22. The maximum Gasteiger partial charge on any atom is 0.271 e. The number of benzene rings is 1. The summed E-state index contributed by atoms with van der Waals surface area (Å²) in [5.74, 6) is 0. The summed E-state index contributed by atoms with van der Waals surface area (Å²) in [6.07, 6.45) is 3.10. The summed E-state index contributed by atoms with van der Waals surface area (Å²) in [6.45, 7) is 4.66. The second-order valence-corrected chi connectivity index (χ2v) is 6.60. The second kappa shape index (κ2) is 8.48. The SMILES string of the molecule is CCOC(N)CC.O=S(=O)(O)C1CCCc2ccccc21. The van der Waals surface area contributed by atoms with Crippen LogP contribution in [-0.4, -0.2) is 25.8 Å². The van der Waals surface area contributed by atoms with Gasteiger partial charge >= 0.3 is 0 Å². The van der Waals surface area contributed by atoms with Gasteiger partial charge in [0.15, 0.2) is 0 Å². The average Bonchev–Trinajstić information content (AvgIpc) is 2.46. The Balaban J connectivity index is 0.000000270. The molecule has 2 rings (SSSR count). The molecule has 2 atom stereocenters. The molecule has 0 amide bonds. The quantitative estimate of drug-likeness (QED) is 0.658. The van der Waals surface area contributed by atoms with Gasteiger partial charge in [0.1, 0.15) is 11.5 Å². The number of aryl methyl sites for hydroxylation is 1. The van der Waals surface area contributed by atoms with Gasteiger partial charge in [-0.25, -0.2) is 0 Å². The smallest absolute Gasteiger partial charge is 0.271 e. The minimum absolute atomic E-state index is 0.0509. The molecule has 0 saturated heterocycles. The highest BCUT2D eigenvalue weighted by atomic mass is 32.2. The molecule has 1 aliphatic rings. The lowest BCUT2D eigenvalue weighted by molar-refractivity contribution is 0.0652. The summed E-state index contributed by atoms with van der Waals surface area (Å²) in [5, 5.41) is -0.715. The Hall–Kier alpha value is -0.950. The molecule has 0 aromatic heterocycles. The van der Waals surface area contributed by atoms with Crippen molar-refractivity contribution in [2.45, 2.75) is 51.0 Å². The first-order valence-electron chi connectivity index (χ1n) is 7.31. The Morgan fingerprint density at radius 1 is 1.38 bits per heavy atom. The van der Waals surface area contributed by atoms with E-state index in [9.17, 15) is 8.42 Å². The van der Waals surface area contributed by atoms with Crippen LogP contribution in [0.2, 0.25) is 0 Å². The zero-order chi connectivity index (χ0) is 15.9. The molecular formula is C15H25NO4S. The van der Waals surface area contributed by atoms with Crippen LogP contribution in [0.1, 0.15) is 49.5 Å². The summed E-state index contributed by atoms with van der Waals surface area (Å²) in [7, 11) is -3.94. The van der Waals surface area contributed by atoms with Crippen molar-refractivity contribution < 1.29 is 17.7 Å². The van der Waals surface area contributed by atoms with E-state index >= 15 is 0 Å². The molecule has 120 valence electrons. The summed E-state index contributed by atoms with van der Waals surface area (Å²) < 4.78 is 36.2. The third-order valence-electron chi connectivity index (χ3n) is 3.46. The predicted octanol–water partition coefficient (Wildman–Crippen LogP) is 2.67. The lowest BCUT2D eigenvalue weighted by atomic mass is 9.91. The van der Waals surface area contributed by atoms with Crippen molar-refractivity contribution in [3.63, 3.8) is 0 Å². The van der Waals surface area contributed by atoms with Gasteiger partial charge in [0, 0.05) is 6.61 Å². The summed E-state index contributed by atoms with van der Waals surface area (Å²) in [5.41, 5.74) is 7.17. The van der Waals surface area contributed by atoms with Crippen molar-refractivity contribution >= 4 is 10.1 Å². The Morgan fingerprint density at radius 3 is 2.57 bits per heavy atom. The molecule has 0 saturated carbocycles. The molecular weight excluding hydrogens is 290 g/mol. The van der Waals surface area contributed by atoms with Gasteiger partial charge in [-0.3, -0.25) is 4.55 Å². The van der Waals surface area contributed by atoms with Crippen molar-refractivity contribution in [1.82, 2.24) is 0 Å². The van der Waals surface area contributed by atoms with E-state index in [1.807, 2.05) is 32.0 Å². The molecule has 0 fully saturated rings. The zero-order valence-corrected chi connectivity index (χ0v) is 13.5. The number of ether oxygens (including phenoxy) is 1.